The van der Waals surface area contributed by atoms with Crippen LogP contribution in [0.4, 0.5) is 14.7 Å². The normalized spacial score (nSPS) is 10.9. The molecule has 102 valence electrons. The molecule has 1 aromatic carbocycles. The smallest absolute Gasteiger partial charge is 0.224 e. The van der Waals surface area contributed by atoms with E-state index < -0.39 is 11.6 Å². The van der Waals surface area contributed by atoms with Gasteiger partial charge in [0.15, 0.2) is 11.6 Å². The number of hydrogen-bond acceptors (Lipinski definition) is 5. The highest BCUT2D eigenvalue weighted by molar-refractivity contribution is 7.99. The highest BCUT2D eigenvalue weighted by Gasteiger charge is 2.11. The zero-order chi connectivity index (χ0) is 14.1. The van der Waals surface area contributed by atoms with Crippen molar-refractivity contribution in [1.82, 2.24) is 9.97 Å². The lowest BCUT2D eigenvalue weighted by Crippen LogP contribution is -1.97. The summed E-state index contributed by atoms with van der Waals surface area (Å²) in [5.74, 6) is -1.21. The molecule has 0 saturated carbocycles. The van der Waals surface area contributed by atoms with Crippen LogP contribution in [0.15, 0.2) is 39.6 Å². The third-order valence-electron chi connectivity index (χ3n) is 2.62. The zero-order valence-electron chi connectivity index (χ0n) is 10.4. The second-order valence-corrected chi connectivity index (χ2v) is 5.88. The van der Waals surface area contributed by atoms with Crippen molar-refractivity contribution in [2.45, 2.75) is 9.92 Å². The fraction of sp³-hybridized carbons (Fsp3) is 0.0769. The van der Waals surface area contributed by atoms with Crippen molar-refractivity contribution in [3.8, 4) is 0 Å². The van der Waals surface area contributed by atoms with Crippen LogP contribution >= 0.6 is 23.1 Å². The van der Waals surface area contributed by atoms with Gasteiger partial charge in [-0.15, -0.1) is 11.3 Å². The van der Waals surface area contributed by atoms with Crippen molar-refractivity contribution >= 4 is 39.3 Å². The summed E-state index contributed by atoms with van der Waals surface area (Å²) in [6.07, 6.45) is 0. The number of benzene rings is 1. The number of halogens is 2. The van der Waals surface area contributed by atoms with Gasteiger partial charge in [0.05, 0.1) is 0 Å². The molecular formula is C13H9F2N3S2. The maximum absolute atomic E-state index is 13.2. The van der Waals surface area contributed by atoms with Crippen LogP contribution in [0.25, 0.3) is 10.2 Å². The van der Waals surface area contributed by atoms with Gasteiger partial charge in [0.25, 0.3) is 0 Å². The maximum atomic E-state index is 13.2. The van der Waals surface area contributed by atoms with Gasteiger partial charge in [-0.25, -0.2) is 18.7 Å². The molecule has 0 bridgehead atoms. The first kappa shape index (κ1) is 13.3. The first-order valence-corrected chi connectivity index (χ1v) is 7.43. The average Bonchev–Trinajstić information content (AvgIpc) is 2.91. The second kappa shape index (κ2) is 5.34. The lowest BCUT2D eigenvalue weighted by Gasteiger charge is -2.05. The van der Waals surface area contributed by atoms with Crippen LogP contribution in [-0.2, 0) is 0 Å². The van der Waals surface area contributed by atoms with Crippen molar-refractivity contribution < 1.29 is 8.78 Å². The van der Waals surface area contributed by atoms with Crippen LogP contribution in [0.3, 0.4) is 0 Å². The predicted molar refractivity (Wildman–Crippen MR) is 77.4 cm³/mol. The van der Waals surface area contributed by atoms with Crippen molar-refractivity contribution in [3.63, 3.8) is 0 Å². The van der Waals surface area contributed by atoms with Crippen LogP contribution < -0.4 is 5.32 Å². The quantitative estimate of drug-likeness (QED) is 0.737. The molecule has 0 radical (unpaired) electrons. The van der Waals surface area contributed by atoms with Gasteiger partial charge in [0.1, 0.15) is 9.86 Å². The Kier molecular flexibility index (Phi) is 3.54. The van der Waals surface area contributed by atoms with E-state index in [0.29, 0.717) is 15.9 Å². The molecule has 0 aliphatic carbocycles. The molecule has 0 amide bonds. The van der Waals surface area contributed by atoms with E-state index in [4.69, 9.17) is 0 Å². The van der Waals surface area contributed by atoms with Crippen LogP contribution in [0.1, 0.15) is 0 Å². The summed E-state index contributed by atoms with van der Waals surface area (Å²) in [6.45, 7) is 0. The van der Waals surface area contributed by atoms with Crippen molar-refractivity contribution in [1.29, 1.82) is 0 Å². The topological polar surface area (TPSA) is 37.8 Å². The molecule has 3 rings (SSSR count). The predicted octanol–water partition coefficient (Wildman–Crippen LogP) is 4.16. The van der Waals surface area contributed by atoms with E-state index >= 15 is 0 Å². The first-order valence-electron chi connectivity index (χ1n) is 5.73. The number of hydrogen-bond donors (Lipinski definition) is 1. The summed E-state index contributed by atoms with van der Waals surface area (Å²) in [7, 11) is 1.74. The molecule has 0 unspecified atom stereocenters. The molecule has 0 spiro atoms. The van der Waals surface area contributed by atoms with Crippen molar-refractivity contribution in [3.05, 3.63) is 41.3 Å². The Morgan fingerprint density at radius 2 is 2.00 bits per heavy atom. The number of rotatable bonds is 3. The van der Waals surface area contributed by atoms with Gasteiger partial charge in [-0.2, -0.15) is 0 Å². The third kappa shape index (κ3) is 2.46. The van der Waals surface area contributed by atoms with Crippen LogP contribution in [0, 0.1) is 11.6 Å². The van der Waals surface area contributed by atoms with Crippen LogP contribution in [0.2, 0.25) is 0 Å². The molecule has 2 heterocycles. The number of nitrogens with zero attached hydrogens (tertiary/aromatic N) is 2. The summed E-state index contributed by atoms with van der Waals surface area (Å²) in [5.41, 5.74) is 0. The maximum Gasteiger partial charge on any atom is 0.224 e. The Balaban J connectivity index is 2.04. The Bertz CT molecular complexity index is 773. The molecule has 1 N–H and O–H groups in total. The Labute approximate surface area is 122 Å². The molecular weight excluding hydrogens is 300 g/mol. The van der Waals surface area contributed by atoms with E-state index in [0.717, 1.165) is 16.3 Å². The first-order chi connectivity index (χ1) is 9.67. The number of anilines is 1. The molecule has 2 aromatic heterocycles. The fourth-order valence-corrected chi connectivity index (χ4v) is 3.43. The summed E-state index contributed by atoms with van der Waals surface area (Å²) >= 11 is 2.79. The van der Waals surface area contributed by atoms with E-state index in [-0.39, 0.29) is 0 Å². The van der Waals surface area contributed by atoms with Crippen LogP contribution in [-0.4, -0.2) is 17.0 Å². The van der Waals surface area contributed by atoms with E-state index in [2.05, 4.69) is 15.3 Å². The van der Waals surface area contributed by atoms with Gasteiger partial charge >= 0.3 is 0 Å². The molecule has 3 nitrogen and oxygen atoms in total. The van der Waals surface area contributed by atoms with Gasteiger partial charge in [-0.05, 0) is 29.6 Å². The highest BCUT2D eigenvalue weighted by Crippen LogP contribution is 2.34. The summed E-state index contributed by atoms with van der Waals surface area (Å²) in [4.78, 5) is 10.2. The molecule has 0 fully saturated rings. The standard InChI is InChI=1S/C13H9F2N3S2/c1-16-13-17-11-8(4-5-19-11)12(18-13)20-7-2-3-9(14)10(15)6-7/h2-6H,1H3,(H,16,17,18). The van der Waals surface area contributed by atoms with Crippen LogP contribution in [0.5, 0.6) is 0 Å². The molecule has 3 aromatic rings. The van der Waals surface area contributed by atoms with Gasteiger partial charge in [0, 0.05) is 17.3 Å². The third-order valence-corrected chi connectivity index (χ3v) is 4.42. The minimum Gasteiger partial charge on any atom is -0.357 e. The molecule has 0 saturated heterocycles. The SMILES string of the molecule is CNc1nc(Sc2ccc(F)c(F)c2)c2ccsc2n1. The van der Waals surface area contributed by atoms with E-state index in [1.165, 1.54) is 35.2 Å². The summed E-state index contributed by atoms with van der Waals surface area (Å²) in [5, 5.41) is 6.44. The largest absolute Gasteiger partial charge is 0.357 e. The molecule has 0 aliphatic rings. The lowest BCUT2D eigenvalue weighted by atomic mass is 10.3. The van der Waals surface area contributed by atoms with Gasteiger partial charge in [-0.1, -0.05) is 11.8 Å². The van der Waals surface area contributed by atoms with Gasteiger partial charge in [-0.3, -0.25) is 0 Å². The molecule has 7 heteroatoms. The molecule has 0 aliphatic heterocycles. The monoisotopic (exact) mass is 309 g/mol. The van der Waals surface area contributed by atoms with Gasteiger partial charge in [0.2, 0.25) is 5.95 Å². The number of aromatic nitrogens is 2. The zero-order valence-corrected chi connectivity index (χ0v) is 12.0. The number of fused-ring (bicyclic) bond motifs is 1. The number of thiophene rings is 1. The van der Waals surface area contributed by atoms with E-state index in [1.54, 1.807) is 7.05 Å². The molecule has 0 atom stereocenters. The Morgan fingerprint density at radius 3 is 2.75 bits per heavy atom. The summed E-state index contributed by atoms with van der Waals surface area (Å²) in [6, 6.07) is 5.73. The van der Waals surface area contributed by atoms with E-state index in [1.807, 2.05) is 11.4 Å². The Morgan fingerprint density at radius 1 is 1.15 bits per heavy atom. The van der Waals surface area contributed by atoms with E-state index in [9.17, 15) is 8.78 Å². The fourth-order valence-electron chi connectivity index (χ4n) is 1.67. The Hall–Kier alpha value is -1.73. The number of nitrogens with one attached hydrogen (secondary N) is 1. The average molecular weight is 309 g/mol. The summed E-state index contributed by atoms with van der Waals surface area (Å²) < 4.78 is 26.2. The lowest BCUT2D eigenvalue weighted by molar-refractivity contribution is 0.506. The minimum absolute atomic E-state index is 0.505. The van der Waals surface area contributed by atoms with Crippen molar-refractivity contribution in [2.24, 2.45) is 0 Å². The highest BCUT2D eigenvalue weighted by atomic mass is 32.2. The second-order valence-electron chi connectivity index (χ2n) is 3.92. The molecule has 20 heavy (non-hydrogen) atoms. The van der Waals surface area contributed by atoms with Crippen molar-refractivity contribution in [2.75, 3.05) is 12.4 Å². The minimum atomic E-state index is -0.862. The van der Waals surface area contributed by atoms with Gasteiger partial charge < -0.3 is 5.32 Å².